The molecule has 0 atom stereocenters. The number of hydrazone groups is 1. The van der Waals surface area contributed by atoms with Gasteiger partial charge in [-0.3, -0.25) is 4.79 Å². The summed E-state index contributed by atoms with van der Waals surface area (Å²) in [7, 11) is 0. The fraction of sp³-hybridized carbons (Fsp3) is 0.0938. The third-order valence-electron chi connectivity index (χ3n) is 6.32. The van der Waals surface area contributed by atoms with Gasteiger partial charge in [0, 0.05) is 32.1 Å². The predicted octanol–water partition coefficient (Wildman–Crippen LogP) is 8.49. The van der Waals surface area contributed by atoms with Crippen molar-refractivity contribution in [3.8, 4) is 22.6 Å². The van der Waals surface area contributed by atoms with Gasteiger partial charge in [-0.05, 0) is 67.9 Å². The third kappa shape index (κ3) is 6.29. The van der Waals surface area contributed by atoms with Gasteiger partial charge in [-0.25, -0.2) is 10.2 Å². The Morgan fingerprint density at radius 1 is 0.929 bits per heavy atom. The topological polar surface area (TPSA) is 92.8 Å². The van der Waals surface area contributed by atoms with Gasteiger partial charge in [0.15, 0.2) is 11.5 Å². The molecule has 0 aliphatic heterocycles. The maximum atomic E-state index is 13.3. The molecule has 1 heterocycles. The lowest BCUT2D eigenvalue weighted by Crippen LogP contribution is -2.19. The number of amides is 1. The van der Waals surface area contributed by atoms with Crippen LogP contribution in [0.5, 0.6) is 11.5 Å². The van der Waals surface area contributed by atoms with Gasteiger partial charge in [-0.2, -0.15) is 5.10 Å². The van der Waals surface area contributed by atoms with Crippen molar-refractivity contribution in [2.45, 2.75) is 13.8 Å². The Morgan fingerprint density at radius 2 is 1.69 bits per heavy atom. The number of nitrogens with zero attached hydrogens (tertiary/aromatic N) is 1. The molecule has 7 nitrogen and oxygen atoms in total. The summed E-state index contributed by atoms with van der Waals surface area (Å²) in [5, 5.41) is 5.99. The number of hydrogen-bond acceptors (Lipinski definition) is 5. The molecule has 10 heteroatoms. The van der Waals surface area contributed by atoms with Crippen LogP contribution >= 0.6 is 34.8 Å². The first-order chi connectivity index (χ1) is 20.2. The second-order valence-electron chi connectivity index (χ2n) is 9.26. The number of ether oxygens (including phenoxy) is 2. The van der Waals surface area contributed by atoms with Gasteiger partial charge >= 0.3 is 5.97 Å². The van der Waals surface area contributed by atoms with E-state index in [0.29, 0.717) is 60.6 Å². The first-order valence-electron chi connectivity index (χ1n) is 12.9. The van der Waals surface area contributed by atoms with Gasteiger partial charge in [-0.1, -0.05) is 70.7 Å². The SMILES string of the molecule is CCOc1cc(C=NNC(=O)c2[nH]c3cc(Cl)cc(Cl)c3c2-c2ccccc2Cl)ccc1OC(=O)c1ccc(C)cc1. The molecule has 0 aliphatic carbocycles. The van der Waals surface area contributed by atoms with E-state index in [1.165, 1.54) is 6.21 Å². The molecule has 1 aromatic heterocycles. The number of nitrogens with one attached hydrogen (secondary N) is 2. The molecule has 0 saturated carbocycles. The highest BCUT2D eigenvalue weighted by atomic mass is 35.5. The predicted molar refractivity (Wildman–Crippen MR) is 168 cm³/mol. The standard InChI is InChI=1S/C32H24Cl3N3O4/c1-3-41-27-14-19(10-13-26(27)42-32(40)20-11-8-18(2)9-12-20)17-36-38-31(39)30-28(22-6-4-5-7-23(22)34)29-24(35)15-21(33)16-25(29)37-30/h4-17,37H,3H2,1-2H3,(H,38,39). The van der Waals surface area contributed by atoms with Crippen LogP contribution in [0.2, 0.25) is 15.1 Å². The van der Waals surface area contributed by atoms with Crippen molar-refractivity contribution < 1.29 is 19.1 Å². The van der Waals surface area contributed by atoms with E-state index in [1.807, 2.05) is 32.0 Å². The van der Waals surface area contributed by atoms with Gasteiger partial charge in [0.2, 0.25) is 0 Å². The quantitative estimate of drug-likeness (QED) is 0.0787. The first kappa shape index (κ1) is 29.2. The van der Waals surface area contributed by atoms with E-state index in [0.717, 1.165) is 5.56 Å². The van der Waals surface area contributed by atoms with Crippen LogP contribution in [0.3, 0.4) is 0 Å². The van der Waals surface area contributed by atoms with Crippen molar-refractivity contribution in [3.63, 3.8) is 0 Å². The molecule has 0 saturated heterocycles. The Hall–Kier alpha value is -4.30. The Bertz CT molecular complexity index is 1830. The summed E-state index contributed by atoms with van der Waals surface area (Å²) in [6, 6.07) is 22.5. The summed E-state index contributed by atoms with van der Waals surface area (Å²) in [4.78, 5) is 29.1. The lowest BCUT2D eigenvalue weighted by atomic mass is 10.0. The number of esters is 1. The number of rotatable bonds is 8. The van der Waals surface area contributed by atoms with E-state index in [9.17, 15) is 9.59 Å². The zero-order valence-electron chi connectivity index (χ0n) is 22.5. The van der Waals surface area contributed by atoms with E-state index < -0.39 is 11.9 Å². The number of carbonyl (C=O) groups excluding carboxylic acids is 2. The fourth-order valence-electron chi connectivity index (χ4n) is 4.38. The molecule has 4 aromatic carbocycles. The molecule has 0 fully saturated rings. The van der Waals surface area contributed by atoms with Crippen molar-refractivity contribution in [1.82, 2.24) is 10.4 Å². The van der Waals surface area contributed by atoms with Crippen LogP contribution in [-0.2, 0) is 0 Å². The van der Waals surface area contributed by atoms with Crippen LogP contribution < -0.4 is 14.9 Å². The van der Waals surface area contributed by atoms with Crippen molar-refractivity contribution in [1.29, 1.82) is 0 Å². The first-order valence-corrected chi connectivity index (χ1v) is 14.0. The van der Waals surface area contributed by atoms with Gasteiger partial charge in [0.1, 0.15) is 5.69 Å². The smallest absolute Gasteiger partial charge is 0.343 e. The molecule has 212 valence electrons. The molecular weight excluding hydrogens is 597 g/mol. The molecule has 5 rings (SSSR count). The van der Waals surface area contributed by atoms with Crippen molar-refractivity contribution in [2.24, 2.45) is 5.10 Å². The van der Waals surface area contributed by atoms with Crippen LogP contribution in [-0.4, -0.2) is 29.7 Å². The average molecular weight is 621 g/mol. The average Bonchev–Trinajstić information content (AvgIpc) is 3.34. The molecular formula is C32H24Cl3N3O4. The van der Waals surface area contributed by atoms with E-state index in [-0.39, 0.29) is 11.4 Å². The van der Waals surface area contributed by atoms with Crippen molar-refractivity contribution >= 4 is 63.8 Å². The molecule has 2 N–H and O–H groups in total. The minimum absolute atomic E-state index is 0.216. The second-order valence-corrected chi connectivity index (χ2v) is 10.5. The van der Waals surface area contributed by atoms with E-state index in [2.05, 4.69) is 15.5 Å². The molecule has 0 unspecified atom stereocenters. The number of carbonyl (C=O) groups is 2. The number of hydrogen-bond donors (Lipinski definition) is 2. The number of aromatic nitrogens is 1. The number of benzene rings is 4. The number of aromatic amines is 1. The van der Waals surface area contributed by atoms with Gasteiger partial charge in [0.25, 0.3) is 5.91 Å². The zero-order chi connectivity index (χ0) is 29.8. The van der Waals surface area contributed by atoms with Crippen LogP contribution in [0.15, 0.2) is 84.0 Å². The summed E-state index contributed by atoms with van der Waals surface area (Å²) in [5.41, 5.74) is 6.56. The van der Waals surface area contributed by atoms with Crippen LogP contribution in [0, 0.1) is 6.92 Å². The van der Waals surface area contributed by atoms with E-state index in [1.54, 1.807) is 60.7 Å². The normalized spacial score (nSPS) is 11.2. The monoisotopic (exact) mass is 619 g/mol. The number of H-pyrrole nitrogens is 1. The van der Waals surface area contributed by atoms with Crippen LogP contribution in [0.4, 0.5) is 0 Å². The minimum atomic E-state index is -0.516. The Kier molecular flexibility index (Phi) is 8.83. The van der Waals surface area contributed by atoms with Crippen LogP contribution in [0.1, 0.15) is 38.9 Å². The molecule has 0 spiro atoms. The van der Waals surface area contributed by atoms with Gasteiger partial charge in [0.05, 0.1) is 23.4 Å². The molecule has 42 heavy (non-hydrogen) atoms. The summed E-state index contributed by atoms with van der Waals surface area (Å²) in [6.07, 6.45) is 1.45. The number of halogens is 3. The number of aryl methyl sites for hydroxylation is 1. The zero-order valence-corrected chi connectivity index (χ0v) is 24.8. The van der Waals surface area contributed by atoms with Crippen molar-refractivity contribution in [2.75, 3.05) is 6.61 Å². The molecule has 0 bridgehead atoms. The highest BCUT2D eigenvalue weighted by Gasteiger charge is 2.23. The molecule has 0 aliphatic rings. The number of fused-ring (bicyclic) bond motifs is 1. The highest BCUT2D eigenvalue weighted by Crippen LogP contribution is 2.41. The maximum Gasteiger partial charge on any atom is 0.343 e. The third-order valence-corrected chi connectivity index (χ3v) is 7.17. The summed E-state index contributed by atoms with van der Waals surface area (Å²) >= 11 is 19.3. The fourth-order valence-corrected chi connectivity index (χ4v) is 5.20. The van der Waals surface area contributed by atoms with E-state index >= 15 is 0 Å². The minimum Gasteiger partial charge on any atom is -0.490 e. The molecule has 5 aromatic rings. The molecule has 0 radical (unpaired) electrons. The van der Waals surface area contributed by atoms with Crippen molar-refractivity contribution in [3.05, 3.63) is 116 Å². The van der Waals surface area contributed by atoms with E-state index in [4.69, 9.17) is 44.3 Å². The summed E-state index contributed by atoms with van der Waals surface area (Å²) in [5.74, 6) is -0.394. The van der Waals surface area contributed by atoms with Gasteiger partial charge < -0.3 is 14.5 Å². The Balaban J connectivity index is 1.39. The second kappa shape index (κ2) is 12.7. The van der Waals surface area contributed by atoms with Crippen LogP contribution in [0.25, 0.3) is 22.0 Å². The molecule has 1 amide bonds. The van der Waals surface area contributed by atoms with Gasteiger partial charge in [-0.15, -0.1) is 0 Å². The largest absolute Gasteiger partial charge is 0.490 e. The maximum absolute atomic E-state index is 13.3. The Labute approximate surface area is 257 Å². The lowest BCUT2D eigenvalue weighted by molar-refractivity contribution is 0.0728. The Morgan fingerprint density at radius 3 is 2.43 bits per heavy atom. The lowest BCUT2D eigenvalue weighted by Gasteiger charge is -2.11. The highest BCUT2D eigenvalue weighted by molar-refractivity contribution is 6.41. The summed E-state index contributed by atoms with van der Waals surface area (Å²) in [6.45, 7) is 4.11. The summed E-state index contributed by atoms with van der Waals surface area (Å²) < 4.78 is 11.3.